The molecule has 0 heterocycles. The molecule has 0 bridgehead atoms. The summed E-state index contributed by atoms with van der Waals surface area (Å²) >= 11 is 0. The van der Waals surface area contributed by atoms with E-state index in [9.17, 15) is 9.90 Å². The lowest BCUT2D eigenvalue weighted by molar-refractivity contribution is -0.137. The Labute approximate surface area is 161 Å². The SMILES string of the molecule is CCCCCCCCCCCCCCCCC(O)COCCCC(=O)O. The topological polar surface area (TPSA) is 66.8 Å². The van der Waals surface area contributed by atoms with E-state index in [4.69, 9.17) is 9.84 Å². The Bertz CT molecular complexity index is 294. The van der Waals surface area contributed by atoms with Crippen molar-refractivity contribution in [2.75, 3.05) is 13.2 Å². The molecule has 0 spiro atoms. The first-order valence-corrected chi connectivity index (χ1v) is 11.1. The Kier molecular flexibility index (Phi) is 20.2. The van der Waals surface area contributed by atoms with Crippen molar-refractivity contribution in [3.63, 3.8) is 0 Å². The van der Waals surface area contributed by atoms with Gasteiger partial charge in [-0.15, -0.1) is 0 Å². The molecule has 0 saturated carbocycles. The minimum atomic E-state index is -0.795. The Hall–Kier alpha value is -0.610. The average molecular weight is 373 g/mol. The van der Waals surface area contributed by atoms with Crippen LogP contribution in [0.25, 0.3) is 0 Å². The van der Waals surface area contributed by atoms with Gasteiger partial charge in [-0.05, 0) is 12.8 Å². The third kappa shape index (κ3) is 21.4. The number of aliphatic hydroxyl groups is 1. The molecule has 1 unspecified atom stereocenters. The molecule has 1 atom stereocenters. The lowest BCUT2D eigenvalue weighted by atomic mass is 10.0. The number of carboxylic acid groups (broad SMARTS) is 1. The zero-order chi connectivity index (χ0) is 19.3. The second kappa shape index (κ2) is 20.7. The van der Waals surface area contributed by atoms with E-state index in [-0.39, 0.29) is 6.42 Å². The number of hydrogen-bond donors (Lipinski definition) is 2. The van der Waals surface area contributed by atoms with Gasteiger partial charge in [0.2, 0.25) is 0 Å². The van der Waals surface area contributed by atoms with Gasteiger partial charge >= 0.3 is 5.97 Å². The van der Waals surface area contributed by atoms with Crippen LogP contribution in [0.2, 0.25) is 0 Å². The molecule has 0 amide bonds. The quantitative estimate of drug-likeness (QED) is 0.239. The van der Waals surface area contributed by atoms with Crippen LogP contribution in [0.5, 0.6) is 0 Å². The molecule has 0 rings (SSSR count). The summed E-state index contributed by atoms with van der Waals surface area (Å²) in [6, 6.07) is 0. The highest BCUT2D eigenvalue weighted by atomic mass is 16.5. The molecule has 0 radical (unpaired) electrons. The van der Waals surface area contributed by atoms with Crippen molar-refractivity contribution in [3.05, 3.63) is 0 Å². The lowest BCUT2D eigenvalue weighted by Crippen LogP contribution is -2.15. The van der Waals surface area contributed by atoms with Gasteiger partial charge in [-0.2, -0.15) is 0 Å². The van der Waals surface area contributed by atoms with E-state index in [0.29, 0.717) is 19.6 Å². The molecule has 4 heteroatoms. The number of aliphatic carboxylic acids is 1. The summed E-state index contributed by atoms with van der Waals surface area (Å²) in [5.74, 6) is -0.795. The van der Waals surface area contributed by atoms with Crippen LogP contribution in [-0.4, -0.2) is 35.5 Å². The van der Waals surface area contributed by atoms with Crippen molar-refractivity contribution in [1.29, 1.82) is 0 Å². The van der Waals surface area contributed by atoms with E-state index in [1.165, 1.54) is 83.5 Å². The van der Waals surface area contributed by atoms with Crippen molar-refractivity contribution < 1.29 is 19.7 Å². The highest BCUT2D eigenvalue weighted by Crippen LogP contribution is 2.13. The summed E-state index contributed by atoms with van der Waals surface area (Å²) in [4.78, 5) is 10.4. The first-order chi connectivity index (χ1) is 12.7. The fourth-order valence-electron chi connectivity index (χ4n) is 3.20. The van der Waals surface area contributed by atoms with E-state index < -0.39 is 12.1 Å². The van der Waals surface area contributed by atoms with Crippen LogP contribution in [-0.2, 0) is 9.53 Å². The van der Waals surface area contributed by atoms with Gasteiger partial charge in [-0.25, -0.2) is 0 Å². The Balaban J connectivity index is 3.13. The normalized spacial score (nSPS) is 12.4. The molecule has 0 aliphatic heterocycles. The molecule has 156 valence electrons. The van der Waals surface area contributed by atoms with Gasteiger partial charge in [-0.3, -0.25) is 4.79 Å². The van der Waals surface area contributed by atoms with Crippen LogP contribution >= 0.6 is 0 Å². The number of hydrogen-bond acceptors (Lipinski definition) is 3. The summed E-state index contributed by atoms with van der Waals surface area (Å²) < 4.78 is 5.30. The number of carbonyl (C=O) groups is 1. The van der Waals surface area contributed by atoms with Crippen LogP contribution in [0.15, 0.2) is 0 Å². The van der Waals surface area contributed by atoms with Crippen LogP contribution in [0.3, 0.4) is 0 Å². The predicted molar refractivity (Wildman–Crippen MR) is 109 cm³/mol. The molecule has 2 N–H and O–H groups in total. The lowest BCUT2D eigenvalue weighted by Gasteiger charge is -2.10. The van der Waals surface area contributed by atoms with Crippen molar-refractivity contribution in [2.45, 2.75) is 122 Å². The van der Waals surface area contributed by atoms with Crippen LogP contribution in [0, 0.1) is 0 Å². The first kappa shape index (κ1) is 25.4. The Morgan fingerprint density at radius 3 is 1.69 bits per heavy atom. The zero-order valence-electron chi connectivity index (χ0n) is 17.2. The molecule has 0 fully saturated rings. The molecule has 0 aliphatic rings. The molecule has 4 nitrogen and oxygen atoms in total. The van der Waals surface area contributed by atoms with E-state index >= 15 is 0 Å². The van der Waals surface area contributed by atoms with E-state index in [1.807, 2.05) is 0 Å². The summed E-state index contributed by atoms with van der Waals surface area (Å²) in [5, 5.41) is 18.3. The van der Waals surface area contributed by atoms with Gasteiger partial charge < -0.3 is 14.9 Å². The molecule has 0 aliphatic carbocycles. The smallest absolute Gasteiger partial charge is 0.303 e. The van der Waals surface area contributed by atoms with E-state index in [1.54, 1.807) is 0 Å². The van der Waals surface area contributed by atoms with Crippen molar-refractivity contribution in [1.82, 2.24) is 0 Å². The number of carboxylic acids is 1. The third-order valence-electron chi connectivity index (χ3n) is 4.88. The Morgan fingerprint density at radius 1 is 0.769 bits per heavy atom. The average Bonchev–Trinajstić information content (AvgIpc) is 2.61. The van der Waals surface area contributed by atoms with E-state index in [0.717, 1.165) is 12.8 Å². The largest absolute Gasteiger partial charge is 0.481 e. The van der Waals surface area contributed by atoms with Gasteiger partial charge in [0.15, 0.2) is 0 Å². The minimum Gasteiger partial charge on any atom is -0.481 e. The number of ether oxygens (including phenoxy) is 1. The number of rotatable bonds is 21. The molecular formula is C22H44O4. The summed E-state index contributed by atoms with van der Waals surface area (Å²) in [5.41, 5.74) is 0. The highest BCUT2D eigenvalue weighted by Gasteiger charge is 2.04. The summed E-state index contributed by atoms with van der Waals surface area (Å²) in [7, 11) is 0. The van der Waals surface area contributed by atoms with Gasteiger partial charge in [0.1, 0.15) is 0 Å². The van der Waals surface area contributed by atoms with Gasteiger partial charge in [-0.1, -0.05) is 96.8 Å². The number of unbranched alkanes of at least 4 members (excludes halogenated alkanes) is 13. The minimum absolute atomic E-state index is 0.134. The summed E-state index contributed by atoms with van der Waals surface area (Å²) in [6.45, 7) is 3.02. The monoisotopic (exact) mass is 372 g/mol. The molecule has 0 aromatic rings. The maximum absolute atomic E-state index is 10.4. The van der Waals surface area contributed by atoms with Crippen molar-refractivity contribution >= 4 is 5.97 Å². The van der Waals surface area contributed by atoms with Gasteiger partial charge in [0.25, 0.3) is 0 Å². The predicted octanol–water partition coefficient (Wildman–Crippen LogP) is 6.10. The standard InChI is InChI=1S/C22H44O4/c1-2-3-4-5-6-7-8-9-10-11-12-13-14-15-17-21(23)20-26-19-16-18-22(24)25/h21,23H,2-20H2,1H3,(H,24,25). The van der Waals surface area contributed by atoms with E-state index in [2.05, 4.69) is 6.92 Å². The molecule has 0 aromatic heterocycles. The summed E-state index contributed by atoms with van der Waals surface area (Å²) in [6.07, 6.45) is 19.8. The fraction of sp³-hybridized carbons (Fsp3) is 0.955. The van der Waals surface area contributed by atoms with Gasteiger partial charge in [0.05, 0.1) is 12.7 Å². The molecule has 0 saturated heterocycles. The van der Waals surface area contributed by atoms with Crippen LogP contribution in [0.1, 0.15) is 116 Å². The van der Waals surface area contributed by atoms with Crippen LogP contribution < -0.4 is 0 Å². The van der Waals surface area contributed by atoms with Crippen molar-refractivity contribution in [3.8, 4) is 0 Å². The van der Waals surface area contributed by atoms with Crippen LogP contribution in [0.4, 0.5) is 0 Å². The maximum atomic E-state index is 10.4. The van der Waals surface area contributed by atoms with Crippen molar-refractivity contribution in [2.24, 2.45) is 0 Å². The zero-order valence-corrected chi connectivity index (χ0v) is 17.2. The van der Waals surface area contributed by atoms with Gasteiger partial charge in [0, 0.05) is 13.0 Å². The second-order valence-electron chi connectivity index (χ2n) is 7.61. The maximum Gasteiger partial charge on any atom is 0.303 e. The molecule has 0 aromatic carbocycles. The molecular weight excluding hydrogens is 328 g/mol. The second-order valence-corrected chi connectivity index (χ2v) is 7.61. The number of aliphatic hydroxyl groups excluding tert-OH is 1. The fourth-order valence-corrected chi connectivity index (χ4v) is 3.20. The third-order valence-corrected chi connectivity index (χ3v) is 4.88. The molecule has 26 heavy (non-hydrogen) atoms. The first-order valence-electron chi connectivity index (χ1n) is 11.1. The Morgan fingerprint density at radius 2 is 1.23 bits per heavy atom. The highest BCUT2D eigenvalue weighted by molar-refractivity contribution is 5.66.